The molecule has 1 aliphatic carbocycles. The number of carbonyl (C=O) groups is 2. The van der Waals surface area contributed by atoms with Crippen LogP contribution in [0.5, 0.6) is 5.88 Å². The summed E-state index contributed by atoms with van der Waals surface area (Å²) in [7, 11) is 0. The Bertz CT molecular complexity index is 1620. The second-order valence-electron chi connectivity index (χ2n) is 10.3. The average molecular weight is 539 g/mol. The first-order valence-electron chi connectivity index (χ1n) is 13.6. The van der Waals surface area contributed by atoms with Gasteiger partial charge in [0.15, 0.2) is 5.56 Å². The highest BCUT2D eigenvalue weighted by atomic mass is 16.6. The van der Waals surface area contributed by atoms with Crippen molar-refractivity contribution in [2.75, 3.05) is 19.7 Å². The summed E-state index contributed by atoms with van der Waals surface area (Å²) in [6.07, 6.45) is 0.848. The van der Waals surface area contributed by atoms with Gasteiger partial charge in [-0.05, 0) is 40.3 Å². The number of fused-ring (bicyclic) bond motifs is 4. The van der Waals surface area contributed by atoms with Crippen molar-refractivity contribution in [3.05, 3.63) is 99.2 Å². The molecule has 1 fully saturated rings. The van der Waals surface area contributed by atoms with Gasteiger partial charge in [-0.3, -0.25) is 4.79 Å². The largest absolute Gasteiger partial charge is 0.477 e. The molecule has 2 heterocycles. The molecule has 2 N–H and O–H groups in total. The first-order valence-corrected chi connectivity index (χ1v) is 13.6. The number of carbonyl (C=O) groups excluding carboxylic acids is 1. The fourth-order valence-corrected chi connectivity index (χ4v) is 5.97. The van der Waals surface area contributed by atoms with Gasteiger partial charge in [-0.15, -0.1) is 0 Å². The van der Waals surface area contributed by atoms with Crippen molar-refractivity contribution in [1.82, 2.24) is 9.88 Å². The summed E-state index contributed by atoms with van der Waals surface area (Å²) < 4.78 is 11.8. The van der Waals surface area contributed by atoms with Gasteiger partial charge < -0.3 is 24.5 Å². The summed E-state index contributed by atoms with van der Waals surface area (Å²) in [5.41, 5.74) is 5.05. The number of likely N-dealkylation sites (tertiary alicyclic amines) is 1. The molecule has 204 valence electrons. The lowest BCUT2D eigenvalue weighted by molar-refractivity contribution is 0.0619. The molecule has 8 heteroatoms. The molecule has 1 saturated heterocycles. The fraction of sp³-hybridized carbons (Fsp3) is 0.281. The lowest BCUT2D eigenvalue weighted by atomic mass is 9.98. The molecule has 0 unspecified atom stereocenters. The maximum absolute atomic E-state index is 13.1. The van der Waals surface area contributed by atoms with Gasteiger partial charge in [0.25, 0.3) is 0 Å². The van der Waals surface area contributed by atoms with Gasteiger partial charge in [0.2, 0.25) is 11.3 Å². The number of rotatable bonds is 6. The first-order chi connectivity index (χ1) is 19.5. The number of pyridine rings is 1. The molecule has 8 nitrogen and oxygen atoms in total. The van der Waals surface area contributed by atoms with E-state index in [1.54, 1.807) is 11.0 Å². The molecule has 4 aromatic rings. The second kappa shape index (κ2) is 10.5. The third-order valence-electron chi connectivity index (χ3n) is 8.00. The smallest absolute Gasteiger partial charge is 0.409 e. The Labute approximate surface area is 231 Å². The molecular formula is C32H30N2O6. The monoisotopic (exact) mass is 538 g/mol. The van der Waals surface area contributed by atoms with E-state index in [0.717, 1.165) is 16.7 Å². The highest BCUT2D eigenvalue weighted by molar-refractivity contribution is 5.96. The Morgan fingerprint density at radius 3 is 2.23 bits per heavy atom. The third-order valence-corrected chi connectivity index (χ3v) is 8.00. The van der Waals surface area contributed by atoms with E-state index in [1.807, 2.05) is 43.3 Å². The molecule has 1 amide bonds. The topological polar surface area (TPSA) is 109 Å². The molecular weight excluding hydrogens is 508 g/mol. The van der Waals surface area contributed by atoms with Crippen molar-refractivity contribution < 1.29 is 24.2 Å². The fourth-order valence-electron chi connectivity index (χ4n) is 5.97. The summed E-state index contributed by atoms with van der Waals surface area (Å²) in [6, 6.07) is 21.8. The van der Waals surface area contributed by atoms with E-state index in [1.165, 1.54) is 11.1 Å². The number of carboxylic acid groups (broad SMARTS) is 1. The van der Waals surface area contributed by atoms with Gasteiger partial charge in [-0.1, -0.05) is 67.6 Å². The standard InChI is InChI=1S/C32H30N2O6/c1-2-19-8-7-13-26-27(19)29(35)28(31(36)37)30(33-26)40-20-14-16-34(17-15-20)32(38)39-18-25-23-11-5-3-9-21(23)22-10-4-6-12-24(22)25/h3-13,20,25H,2,14-18H2,1H3,(H,33,35)(H,36,37). The molecule has 1 aromatic heterocycles. The molecule has 0 saturated carbocycles. The normalized spacial score (nSPS) is 15.1. The van der Waals surface area contributed by atoms with Gasteiger partial charge in [-0.25, -0.2) is 9.59 Å². The van der Waals surface area contributed by atoms with E-state index in [2.05, 4.69) is 29.2 Å². The molecule has 2 aliphatic rings. The SMILES string of the molecule is CCc1cccc2[nH]c(OC3CCN(C(=O)OCC4c5ccccc5-c5ccccc54)CC3)c(C(=O)O)c(=O)c12. The number of hydrogen-bond donors (Lipinski definition) is 2. The minimum Gasteiger partial charge on any atom is -0.477 e. The first kappa shape index (κ1) is 25.7. The van der Waals surface area contributed by atoms with Gasteiger partial charge in [0, 0.05) is 37.2 Å². The Morgan fingerprint density at radius 1 is 0.950 bits per heavy atom. The summed E-state index contributed by atoms with van der Waals surface area (Å²) >= 11 is 0. The summed E-state index contributed by atoms with van der Waals surface area (Å²) in [5, 5.41) is 10.2. The zero-order valence-electron chi connectivity index (χ0n) is 22.2. The number of H-pyrrole nitrogens is 1. The Balaban J connectivity index is 1.12. The Morgan fingerprint density at radius 2 is 1.60 bits per heavy atom. The average Bonchev–Trinajstić information content (AvgIpc) is 3.29. The van der Waals surface area contributed by atoms with Crippen LogP contribution in [-0.2, 0) is 11.2 Å². The molecule has 0 spiro atoms. The van der Waals surface area contributed by atoms with Crippen LogP contribution in [0.2, 0.25) is 0 Å². The number of aryl methyl sites for hydroxylation is 1. The van der Waals surface area contributed by atoms with Crippen LogP contribution in [0.3, 0.4) is 0 Å². The van der Waals surface area contributed by atoms with Crippen molar-refractivity contribution in [3.8, 4) is 17.0 Å². The second-order valence-corrected chi connectivity index (χ2v) is 10.3. The number of carboxylic acids is 1. The maximum atomic E-state index is 13.1. The van der Waals surface area contributed by atoms with Gasteiger partial charge in [0.05, 0.1) is 5.52 Å². The number of amides is 1. The Hall–Kier alpha value is -4.59. The number of benzene rings is 3. The van der Waals surface area contributed by atoms with Crippen LogP contribution in [0.15, 0.2) is 71.5 Å². The van der Waals surface area contributed by atoms with Crippen molar-refractivity contribution in [2.24, 2.45) is 0 Å². The summed E-state index contributed by atoms with van der Waals surface area (Å²) in [6.45, 7) is 2.98. The number of aromatic carboxylic acids is 1. The minimum atomic E-state index is -1.33. The predicted molar refractivity (Wildman–Crippen MR) is 151 cm³/mol. The number of ether oxygens (including phenoxy) is 2. The van der Waals surface area contributed by atoms with Crippen LogP contribution in [0.25, 0.3) is 22.0 Å². The summed E-state index contributed by atoms with van der Waals surface area (Å²) in [4.78, 5) is 42.8. The molecule has 0 radical (unpaired) electrons. The van der Waals surface area contributed by atoms with Crippen LogP contribution in [0.1, 0.15) is 52.7 Å². The van der Waals surface area contributed by atoms with Crippen LogP contribution >= 0.6 is 0 Å². The van der Waals surface area contributed by atoms with Crippen molar-refractivity contribution in [2.45, 2.75) is 38.2 Å². The number of piperidine rings is 1. The van der Waals surface area contributed by atoms with Crippen LogP contribution in [0.4, 0.5) is 4.79 Å². The van der Waals surface area contributed by atoms with Gasteiger partial charge in [-0.2, -0.15) is 0 Å². The van der Waals surface area contributed by atoms with Gasteiger partial charge in [0.1, 0.15) is 12.7 Å². The van der Waals surface area contributed by atoms with Crippen LogP contribution in [0, 0.1) is 0 Å². The van der Waals surface area contributed by atoms with E-state index < -0.39 is 17.0 Å². The van der Waals surface area contributed by atoms with Crippen LogP contribution < -0.4 is 10.2 Å². The van der Waals surface area contributed by atoms with E-state index >= 15 is 0 Å². The highest BCUT2D eigenvalue weighted by Gasteiger charge is 2.31. The molecule has 3 aromatic carbocycles. The number of hydrogen-bond acceptors (Lipinski definition) is 5. The van der Waals surface area contributed by atoms with E-state index in [4.69, 9.17) is 9.47 Å². The number of aromatic amines is 1. The number of nitrogens with zero attached hydrogens (tertiary/aromatic N) is 1. The van der Waals surface area contributed by atoms with E-state index in [9.17, 15) is 19.5 Å². The highest BCUT2D eigenvalue weighted by Crippen LogP contribution is 2.44. The van der Waals surface area contributed by atoms with Crippen molar-refractivity contribution in [1.29, 1.82) is 0 Å². The molecule has 1 aliphatic heterocycles. The molecule has 6 rings (SSSR count). The van der Waals surface area contributed by atoms with Gasteiger partial charge >= 0.3 is 12.1 Å². The summed E-state index contributed by atoms with van der Waals surface area (Å²) in [5.74, 6) is -1.39. The maximum Gasteiger partial charge on any atom is 0.409 e. The molecule has 0 atom stereocenters. The van der Waals surface area contributed by atoms with Crippen molar-refractivity contribution >= 4 is 23.0 Å². The quantitative estimate of drug-likeness (QED) is 0.332. The predicted octanol–water partition coefficient (Wildman–Crippen LogP) is 5.58. The number of aromatic nitrogens is 1. The zero-order chi connectivity index (χ0) is 27.8. The van der Waals surface area contributed by atoms with E-state index in [-0.39, 0.29) is 30.6 Å². The zero-order valence-corrected chi connectivity index (χ0v) is 22.2. The van der Waals surface area contributed by atoms with Crippen LogP contribution in [-0.4, -0.2) is 52.9 Å². The lowest BCUT2D eigenvalue weighted by Gasteiger charge is -2.32. The van der Waals surface area contributed by atoms with Crippen molar-refractivity contribution in [3.63, 3.8) is 0 Å². The molecule has 40 heavy (non-hydrogen) atoms. The number of nitrogens with one attached hydrogen (secondary N) is 1. The lowest BCUT2D eigenvalue weighted by Crippen LogP contribution is -2.42. The molecule has 0 bridgehead atoms. The Kier molecular flexibility index (Phi) is 6.76. The third kappa shape index (κ3) is 4.49. The minimum absolute atomic E-state index is 0.00962. The van der Waals surface area contributed by atoms with E-state index in [0.29, 0.717) is 43.3 Å².